The summed E-state index contributed by atoms with van der Waals surface area (Å²) in [4.78, 5) is 11.7. The van der Waals surface area contributed by atoms with Gasteiger partial charge in [-0.3, -0.25) is 0 Å². The number of hydrogen-bond acceptors (Lipinski definition) is 5. The summed E-state index contributed by atoms with van der Waals surface area (Å²) in [5, 5.41) is 10.2. The van der Waals surface area contributed by atoms with Crippen LogP contribution in [0.4, 0.5) is 0 Å². The van der Waals surface area contributed by atoms with Crippen LogP contribution in [0.25, 0.3) is 0 Å². The van der Waals surface area contributed by atoms with Gasteiger partial charge in [0.05, 0.1) is 6.61 Å². The summed E-state index contributed by atoms with van der Waals surface area (Å²) in [6.45, 7) is 6.81. The van der Waals surface area contributed by atoms with E-state index in [4.69, 9.17) is 19.2 Å². The number of hydrogen-bond donors (Lipinski definition) is 1. The molecule has 0 radical (unpaired) electrons. The van der Waals surface area contributed by atoms with Gasteiger partial charge >= 0.3 is 0 Å². The Hall–Kier alpha value is -0.200. The van der Waals surface area contributed by atoms with Crippen molar-refractivity contribution in [3.8, 4) is 0 Å². The molecule has 5 rings (SSSR count). The van der Waals surface area contributed by atoms with Crippen LogP contribution in [0.1, 0.15) is 40.0 Å². The smallest absolute Gasteiger partial charge is 0.193 e. The molecule has 1 saturated carbocycles. The van der Waals surface area contributed by atoms with E-state index in [1.807, 2.05) is 13.8 Å². The van der Waals surface area contributed by atoms with Crippen molar-refractivity contribution in [3.63, 3.8) is 0 Å². The van der Waals surface area contributed by atoms with E-state index < -0.39 is 23.8 Å². The Morgan fingerprint density at radius 3 is 2.70 bits per heavy atom. The first-order valence-electron chi connectivity index (χ1n) is 7.78. The first kappa shape index (κ1) is 13.5. The molecule has 5 aliphatic rings. The Labute approximate surface area is 119 Å². The third-order valence-corrected chi connectivity index (χ3v) is 6.07. The van der Waals surface area contributed by atoms with Crippen LogP contribution in [0.5, 0.6) is 0 Å². The van der Waals surface area contributed by atoms with E-state index in [0.717, 1.165) is 12.8 Å². The normalized spacial score (nSPS) is 61.8. The van der Waals surface area contributed by atoms with Crippen LogP contribution in [0, 0.1) is 23.7 Å². The average molecular weight is 284 g/mol. The highest BCUT2D eigenvalue weighted by molar-refractivity contribution is 5.10. The molecule has 5 heteroatoms. The highest BCUT2D eigenvalue weighted by Crippen LogP contribution is 2.59. The molecule has 0 aromatic carbocycles. The first-order valence-corrected chi connectivity index (χ1v) is 7.78. The van der Waals surface area contributed by atoms with Crippen LogP contribution in [0.2, 0.25) is 0 Å². The fourth-order valence-electron chi connectivity index (χ4n) is 4.87. The number of rotatable bonds is 0. The van der Waals surface area contributed by atoms with Crippen LogP contribution in [0.3, 0.4) is 0 Å². The van der Waals surface area contributed by atoms with E-state index in [1.165, 1.54) is 6.42 Å². The van der Waals surface area contributed by atoms with Crippen molar-refractivity contribution in [2.45, 2.75) is 63.8 Å². The summed E-state index contributed by atoms with van der Waals surface area (Å²) >= 11 is 0. The maximum absolute atomic E-state index is 10.2. The molecule has 4 heterocycles. The highest BCUT2D eigenvalue weighted by atomic mass is 17.2. The molecule has 0 aromatic heterocycles. The molecule has 20 heavy (non-hydrogen) atoms. The minimum absolute atomic E-state index is 0.0379. The number of ether oxygens (including phenoxy) is 2. The van der Waals surface area contributed by atoms with Gasteiger partial charge in [-0.15, -0.1) is 0 Å². The van der Waals surface area contributed by atoms with Gasteiger partial charge in [0.15, 0.2) is 18.2 Å². The molecule has 8 atom stereocenters. The largest absolute Gasteiger partial charge is 0.368 e. The van der Waals surface area contributed by atoms with Gasteiger partial charge < -0.3 is 14.6 Å². The standard InChI is InChI=1S/C15H24O5/c1-8-4-5-10-9(2)12(16)18-13-15(10)11(8)6-14(3,7-17-13)19-20-15/h8-13,16H,4-7H2,1-3H3/t8-,9+,10-,11+,12-,13+,14-,15+/m1/s1. The molecular weight excluding hydrogens is 260 g/mol. The lowest BCUT2D eigenvalue weighted by Gasteiger charge is -2.59. The number of fused-ring (bicyclic) bond motifs is 2. The third kappa shape index (κ3) is 1.56. The van der Waals surface area contributed by atoms with Crippen LogP contribution in [0.15, 0.2) is 0 Å². The zero-order chi connectivity index (χ0) is 14.1. The maximum Gasteiger partial charge on any atom is 0.193 e. The van der Waals surface area contributed by atoms with Gasteiger partial charge in [0, 0.05) is 17.8 Å². The second-order valence-corrected chi connectivity index (χ2v) is 7.47. The van der Waals surface area contributed by atoms with E-state index in [-0.39, 0.29) is 11.8 Å². The molecule has 4 saturated heterocycles. The van der Waals surface area contributed by atoms with E-state index in [9.17, 15) is 5.11 Å². The fraction of sp³-hybridized carbons (Fsp3) is 1.00. The van der Waals surface area contributed by atoms with Gasteiger partial charge in [-0.2, -0.15) is 0 Å². The zero-order valence-corrected chi connectivity index (χ0v) is 12.4. The second-order valence-electron chi connectivity index (χ2n) is 7.47. The summed E-state index contributed by atoms with van der Waals surface area (Å²) in [6.07, 6.45) is 1.83. The van der Waals surface area contributed by atoms with E-state index in [1.54, 1.807) is 0 Å². The fourth-order valence-corrected chi connectivity index (χ4v) is 4.87. The molecule has 4 aliphatic heterocycles. The zero-order valence-electron chi connectivity index (χ0n) is 12.4. The van der Waals surface area contributed by atoms with E-state index in [0.29, 0.717) is 18.4 Å². The molecule has 1 spiro atoms. The van der Waals surface area contributed by atoms with Crippen LogP contribution in [-0.4, -0.2) is 35.5 Å². The van der Waals surface area contributed by atoms with Gasteiger partial charge in [0.25, 0.3) is 0 Å². The summed E-state index contributed by atoms with van der Waals surface area (Å²) < 4.78 is 11.7. The SMILES string of the molecule is C[C@@H]1[C@H](O)O[C@@H]2OC[C@@]3(C)C[C@H]4[C@H](C)CC[C@H]1[C@@]24OO3. The van der Waals surface area contributed by atoms with Crippen LogP contribution >= 0.6 is 0 Å². The van der Waals surface area contributed by atoms with E-state index in [2.05, 4.69) is 6.92 Å². The van der Waals surface area contributed by atoms with Crippen molar-refractivity contribution in [1.29, 1.82) is 0 Å². The average Bonchev–Trinajstić information content (AvgIpc) is 2.63. The Balaban J connectivity index is 1.82. The minimum atomic E-state index is -0.779. The van der Waals surface area contributed by atoms with Crippen molar-refractivity contribution < 1.29 is 24.4 Å². The van der Waals surface area contributed by atoms with Crippen molar-refractivity contribution >= 4 is 0 Å². The monoisotopic (exact) mass is 284 g/mol. The molecule has 1 N–H and O–H groups in total. The molecule has 0 unspecified atom stereocenters. The lowest BCUT2D eigenvalue weighted by atomic mass is 9.57. The number of aliphatic hydroxyl groups excluding tert-OH is 1. The minimum Gasteiger partial charge on any atom is -0.368 e. The highest BCUT2D eigenvalue weighted by Gasteiger charge is 2.69. The van der Waals surface area contributed by atoms with Gasteiger partial charge in [-0.25, -0.2) is 9.78 Å². The maximum atomic E-state index is 10.2. The lowest BCUT2D eigenvalue weighted by Crippen LogP contribution is -2.69. The van der Waals surface area contributed by atoms with E-state index >= 15 is 0 Å². The summed E-state index contributed by atoms with van der Waals surface area (Å²) in [5.74, 6) is 1.18. The Kier molecular flexibility index (Phi) is 2.81. The third-order valence-electron chi connectivity index (χ3n) is 6.07. The predicted molar refractivity (Wildman–Crippen MR) is 69.3 cm³/mol. The molecule has 0 amide bonds. The molecule has 5 fully saturated rings. The van der Waals surface area contributed by atoms with Gasteiger partial charge in [-0.05, 0) is 32.1 Å². The molecule has 1 aliphatic carbocycles. The molecule has 2 bridgehead atoms. The Bertz CT molecular complexity index is 415. The van der Waals surface area contributed by atoms with Crippen LogP contribution in [-0.2, 0) is 19.2 Å². The van der Waals surface area contributed by atoms with Crippen molar-refractivity contribution in [3.05, 3.63) is 0 Å². The number of aliphatic hydroxyl groups is 1. The lowest BCUT2D eigenvalue weighted by molar-refractivity contribution is -0.494. The second kappa shape index (κ2) is 4.17. The Morgan fingerprint density at radius 2 is 1.90 bits per heavy atom. The predicted octanol–water partition coefficient (Wildman–Crippen LogP) is 1.84. The molecular formula is C15H24O5. The van der Waals surface area contributed by atoms with Crippen molar-refractivity contribution in [1.82, 2.24) is 0 Å². The summed E-state index contributed by atoms with van der Waals surface area (Å²) in [7, 11) is 0. The topological polar surface area (TPSA) is 57.2 Å². The van der Waals surface area contributed by atoms with Gasteiger partial charge in [0.1, 0.15) is 5.60 Å². The van der Waals surface area contributed by atoms with Gasteiger partial charge in [-0.1, -0.05) is 13.8 Å². The molecule has 0 aromatic rings. The van der Waals surface area contributed by atoms with Crippen LogP contribution < -0.4 is 0 Å². The molecule has 114 valence electrons. The summed E-state index contributed by atoms with van der Waals surface area (Å²) in [6, 6.07) is 0. The summed E-state index contributed by atoms with van der Waals surface area (Å²) in [5.41, 5.74) is -0.951. The van der Waals surface area contributed by atoms with Crippen molar-refractivity contribution in [2.24, 2.45) is 23.7 Å². The molecule has 5 nitrogen and oxygen atoms in total. The van der Waals surface area contributed by atoms with Gasteiger partial charge in [0.2, 0.25) is 0 Å². The quantitative estimate of drug-likeness (QED) is 0.688. The Morgan fingerprint density at radius 1 is 1.10 bits per heavy atom. The van der Waals surface area contributed by atoms with Crippen molar-refractivity contribution in [2.75, 3.05) is 6.61 Å². The first-order chi connectivity index (χ1) is 9.46.